The number of hydrogen-bond donors (Lipinski definition) is 0. The minimum atomic E-state index is -0.0149. The molecule has 3 heterocycles. The second kappa shape index (κ2) is 14.8. The molecule has 0 amide bonds. The molecule has 0 N–H and O–H groups in total. The molecule has 0 saturated carbocycles. The van der Waals surface area contributed by atoms with Crippen LogP contribution in [0.2, 0.25) is 0 Å². The van der Waals surface area contributed by atoms with Gasteiger partial charge < -0.3 is 9.80 Å². The van der Waals surface area contributed by atoms with Crippen molar-refractivity contribution < 1.29 is 0 Å². The number of hydrogen-bond acceptors (Lipinski definition) is 3. The van der Waals surface area contributed by atoms with Crippen LogP contribution >= 0.6 is 11.3 Å². The second-order valence-corrected chi connectivity index (χ2v) is 22.7. The third kappa shape index (κ3) is 7.00. The smallest absolute Gasteiger partial charge is 0.252 e. The number of thiophene rings is 1. The van der Waals surface area contributed by atoms with E-state index < -0.39 is 0 Å². The van der Waals surface area contributed by atoms with Crippen LogP contribution in [0.25, 0.3) is 42.4 Å². The van der Waals surface area contributed by atoms with E-state index in [1.54, 1.807) is 0 Å². The Labute approximate surface area is 390 Å². The van der Waals surface area contributed by atoms with Crippen molar-refractivity contribution in [3.05, 3.63) is 186 Å². The van der Waals surface area contributed by atoms with Crippen LogP contribution in [0.3, 0.4) is 0 Å². The van der Waals surface area contributed by atoms with E-state index in [1.165, 1.54) is 104 Å². The maximum atomic E-state index is 2.55. The Balaban J connectivity index is 1.09. The van der Waals surface area contributed by atoms with Crippen LogP contribution in [0.4, 0.5) is 34.1 Å². The molecule has 0 atom stereocenters. The van der Waals surface area contributed by atoms with Crippen LogP contribution in [0, 0.1) is 6.92 Å². The lowest BCUT2D eigenvalue weighted by molar-refractivity contribution is 0.590. The summed E-state index contributed by atoms with van der Waals surface area (Å²) in [6, 6.07) is 62.8. The first-order valence-corrected chi connectivity index (χ1v) is 24.1. The van der Waals surface area contributed by atoms with Crippen LogP contribution in [0.15, 0.2) is 164 Å². The van der Waals surface area contributed by atoms with E-state index in [4.69, 9.17) is 0 Å². The van der Waals surface area contributed by atoms with Crippen molar-refractivity contribution in [2.75, 3.05) is 9.80 Å². The summed E-state index contributed by atoms with van der Waals surface area (Å²) in [5, 5.41) is 2.67. The largest absolute Gasteiger partial charge is 0.311 e. The van der Waals surface area contributed by atoms with Crippen molar-refractivity contribution in [1.82, 2.24) is 0 Å². The van der Waals surface area contributed by atoms with Gasteiger partial charge in [0.15, 0.2) is 0 Å². The first kappa shape index (κ1) is 41.4. The van der Waals surface area contributed by atoms with Crippen LogP contribution in [0.1, 0.15) is 84.6 Å². The molecule has 4 heteroatoms. The van der Waals surface area contributed by atoms with Gasteiger partial charge in [-0.2, -0.15) is 0 Å². The quantitative estimate of drug-likeness (QED) is 0.163. The fourth-order valence-electron chi connectivity index (χ4n) is 10.3. The normalized spacial score (nSPS) is 13.6. The zero-order chi connectivity index (χ0) is 45.2. The molecule has 2 aliphatic heterocycles. The summed E-state index contributed by atoms with van der Waals surface area (Å²) < 4.78 is 2.66. The molecule has 2 aliphatic rings. The van der Waals surface area contributed by atoms with E-state index in [0.717, 1.165) is 11.4 Å². The molecule has 320 valence electrons. The van der Waals surface area contributed by atoms with Crippen LogP contribution < -0.4 is 26.2 Å². The Kier molecular flexibility index (Phi) is 9.44. The summed E-state index contributed by atoms with van der Waals surface area (Å²) in [5.74, 6) is 0. The van der Waals surface area contributed by atoms with Crippen molar-refractivity contribution in [3.8, 4) is 22.3 Å². The summed E-state index contributed by atoms with van der Waals surface area (Å²) >= 11 is 1.88. The van der Waals surface area contributed by atoms with Gasteiger partial charge in [0.25, 0.3) is 6.71 Å². The van der Waals surface area contributed by atoms with Gasteiger partial charge in [-0.3, -0.25) is 0 Å². The van der Waals surface area contributed by atoms with E-state index in [2.05, 4.69) is 243 Å². The standard InChI is InChI=1S/C61H57BN2S/c1-38-33-54-58-55(34-38)64(47-28-19-41(20-29-47)42-21-30-49-48-13-11-12-14-56(48)65-57(49)35-42)53-32-25-45(61(8,9)10)37-51(53)62(58)50-36-44(60(5,6)7)24-31-52(50)63(54)46-26-17-40(18-27-46)39-15-22-43(23-16-39)59(2,3)4/h11-37H,1-10H3. The molecule has 0 spiro atoms. The van der Waals surface area contributed by atoms with E-state index >= 15 is 0 Å². The molecule has 8 aromatic carbocycles. The van der Waals surface area contributed by atoms with Gasteiger partial charge in [0.2, 0.25) is 0 Å². The summed E-state index contributed by atoms with van der Waals surface area (Å²) in [4.78, 5) is 5.09. The maximum Gasteiger partial charge on any atom is 0.252 e. The molecule has 0 bridgehead atoms. The third-order valence-electron chi connectivity index (χ3n) is 14.0. The Morgan fingerprint density at radius 1 is 0.385 bits per heavy atom. The lowest BCUT2D eigenvalue weighted by atomic mass is 9.33. The van der Waals surface area contributed by atoms with Gasteiger partial charge in [-0.25, -0.2) is 0 Å². The predicted octanol–water partition coefficient (Wildman–Crippen LogP) is 15.7. The third-order valence-corrected chi connectivity index (χ3v) is 15.1. The predicted molar refractivity (Wildman–Crippen MR) is 285 cm³/mol. The fraction of sp³-hybridized carbons (Fsp3) is 0.213. The number of rotatable bonds is 4. The molecule has 0 saturated heterocycles. The second-order valence-electron chi connectivity index (χ2n) is 21.6. The molecule has 0 unspecified atom stereocenters. The number of aryl methyl sites for hydroxylation is 1. The lowest BCUT2D eigenvalue weighted by Crippen LogP contribution is -2.61. The van der Waals surface area contributed by atoms with Crippen molar-refractivity contribution >= 4 is 88.7 Å². The number of anilines is 6. The summed E-state index contributed by atoms with van der Waals surface area (Å²) in [6.45, 7) is 23.2. The van der Waals surface area contributed by atoms with E-state index in [9.17, 15) is 0 Å². The minimum Gasteiger partial charge on any atom is -0.311 e. The molecular weight excluding hydrogens is 804 g/mol. The van der Waals surface area contributed by atoms with E-state index in [0.29, 0.717) is 0 Å². The van der Waals surface area contributed by atoms with Crippen molar-refractivity contribution in [2.24, 2.45) is 0 Å². The number of benzene rings is 8. The molecule has 0 fully saturated rings. The van der Waals surface area contributed by atoms with Crippen LogP contribution in [-0.4, -0.2) is 6.71 Å². The highest BCUT2D eigenvalue weighted by Crippen LogP contribution is 2.46. The molecule has 2 nitrogen and oxygen atoms in total. The Morgan fingerprint density at radius 2 is 0.815 bits per heavy atom. The molecule has 9 aromatic rings. The van der Waals surface area contributed by atoms with Crippen LogP contribution in [-0.2, 0) is 16.2 Å². The highest BCUT2D eigenvalue weighted by molar-refractivity contribution is 7.25. The van der Waals surface area contributed by atoms with Crippen LogP contribution in [0.5, 0.6) is 0 Å². The topological polar surface area (TPSA) is 6.48 Å². The molecule has 65 heavy (non-hydrogen) atoms. The Morgan fingerprint density at radius 3 is 1.32 bits per heavy atom. The maximum absolute atomic E-state index is 2.55. The molecule has 11 rings (SSSR count). The van der Waals surface area contributed by atoms with Gasteiger partial charge in [-0.1, -0.05) is 165 Å². The highest BCUT2D eigenvalue weighted by atomic mass is 32.1. The Bertz CT molecular complexity index is 3320. The number of fused-ring (bicyclic) bond motifs is 7. The SMILES string of the molecule is Cc1cc2c3c(c1)N(c1ccc(-c4ccc5c(c4)sc4ccccc45)cc1)c1ccc(C(C)(C)C)cc1B3c1cc(C(C)(C)C)ccc1N2c1ccc(-c2ccc(C(C)(C)C)cc2)cc1. The zero-order valence-electron chi connectivity index (χ0n) is 39.5. The molecule has 0 radical (unpaired) electrons. The van der Waals surface area contributed by atoms with Crippen molar-refractivity contribution in [1.29, 1.82) is 0 Å². The monoisotopic (exact) mass is 860 g/mol. The van der Waals surface area contributed by atoms with Gasteiger partial charge in [-0.15, -0.1) is 11.3 Å². The van der Waals surface area contributed by atoms with Gasteiger partial charge in [0.1, 0.15) is 0 Å². The first-order chi connectivity index (χ1) is 31.0. The highest BCUT2D eigenvalue weighted by Gasteiger charge is 2.44. The average Bonchev–Trinajstić information content (AvgIpc) is 3.66. The first-order valence-electron chi connectivity index (χ1n) is 23.3. The van der Waals surface area contributed by atoms with Gasteiger partial charge >= 0.3 is 0 Å². The van der Waals surface area contributed by atoms with Crippen molar-refractivity contribution in [3.63, 3.8) is 0 Å². The zero-order valence-corrected chi connectivity index (χ0v) is 40.3. The molecular formula is C61H57BN2S. The summed E-state index contributed by atoms with van der Waals surface area (Å²) in [6.07, 6.45) is 0. The summed E-state index contributed by atoms with van der Waals surface area (Å²) in [7, 11) is 0. The summed E-state index contributed by atoms with van der Waals surface area (Å²) in [5.41, 5.74) is 21.7. The van der Waals surface area contributed by atoms with Gasteiger partial charge in [0.05, 0.1) is 0 Å². The molecule has 0 aliphatic carbocycles. The molecule has 1 aromatic heterocycles. The van der Waals surface area contributed by atoms with Gasteiger partial charge in [0, 0.05) is 54.3 Å². The number of nitrogens with zero attached hydrogens (tertiary/aromatic N) is 2. The van der Waals surface area contributed by atoms with E-state index in [-0.39, 0.29) is 23.0 Å². The Hall–Kier alpha value is -6.36. The van der Waals surface area contributed by atoms with Crippen molar-refractivity contribution in [2.45, 2.75) is 85.5 Å². The average molecular weight is 861 g/mol. The minimum absolute atomic E-state index is 0.0134. The lowest BCUT2D eigenvalue weighted by Gasteiger charge is -2.45. The fourth-order valence-corrected chi connectivity index (χ4v) is 11.5. The van der Waals surface area contributed by atoms with E-state index in [1.807, 2.05) is 11.3 Å². The van der Waals surface area contributed by atoms with Gasteiger partial charge in [-0.05, 0) is 145 Å².